The number of carbonyl (C=O) groups is 1. The van der Waals surface area contributed by atoms with Crippen LogP contribution in [-0.4, -0.2) is 38.4 Å². The molecule has 0 saturated heterocycles. The van der Waals surface area contributed by atoms with Gasteiger partial charge in [0, 0.05) is 5.25 Å². The second-order valence-corrected chi connectivity index (χ2v) is 6.29. The lowest BCUT2D eigenvalue weighted by molar-refractivity contribution is -0.125. The lowest BCUT2D eigenvalue weighted by Crippen LogP contribution is -2.58. The van der Waals surface area contributed by atoms with Crippen molar-refractivity contribution in [2.45, 2.75) is 55.0 Å². The van der Waals surface area contributed by atoms with E-state index in [0.717, 1.165) is 43.8 Å². The van der Waals surface area contributed by atoms with Crippen LogP contribution in [0.5, 0.6) is 0 Å². The number of amides is 1. The number of nitrogens with zero attached hydrogens (tertiary/aromatic N) is 2. The van der Waals surface area contributed by atoms with Gasteiger partial charge in [-0.15, -0.1) is 0 Å². The molecule has 1 heterocycles. The lowest BCUT2D eigenvalue weighted by Gasteiger charge is -2.38. The first-order valence-electron chi connectivity index (χ1n) is 6.73. The number of aromatic amines is 1. The molecule has 0 radical (unpaired) electrons. The quantitative estimate of drug-likeness (QED) is 0.725. The van der Waals surface area contributed by atoms with E-state index < -0.39 is 5.54 Å². The molecule has 1 aliphatic rings. The van der Waals surface area contributed by atoms with Gasteiger partial charge < -0.3 is 11.1 Å². The molecular weight excluding hydrogens is 262 g/mol. The molecule has 2 atom stereocenters. The molecule has 4 N–H and O–H groups in total. The number of thioether (sulfide) groups is 1. The number of carbonyl (C=O) groups excluding carboxylic acids is 1. The summed E-state index contributed by atoms with van der Waals surface area (Å²) in [6.45, 7) is 2.91. The summed E-state index contributed by atoms with van der Waals surface area (Å²) in [5, 5.41) is 11.2. The van der Waals surface area contributed by atoms with Crippen LogP contribution in [0.4, 0.5) is 0 Å². The average Bonchev–Trinajstić information content (AvgIpc) is 2.89. The fourth-order valence-electron chi connectivity index (χ4n) is 2.57. The number of H-pyrrole nitrogens is 1. The normalized spacial score (nSPS) is 27.3. The van der Waals surface area contributed by atoms with Gasteiger partial charge in [0.05, 0.1) is 5.54 Å². The SMILES string of the molecule is CCCNC1(C(N)=O)CCCC(Sc2ncn[nH]2)C1. The van der Waals surface area contributed by atoms with E-state index >= 15 is 0 Å². The minimum Gasteiger partial charge on any atom is -0.368 e. The molecule has 19 heavy (non-hydrogen) atoms. The summed E-state index contributed by atoms with van der Waals surface area (Å²) < 4.78 is 0. The number of hydrogen-bond donors (Lipinski definition) is 3. The molecule has 2 unspecified atom stereocenters. The Morgan fingerprint density at radius 1 is 1.74 bits per heavy atom. The van der Waals surface area contributed by atoms with Crippen molar-refractivity contribution in [2.24, 2.45) is 5.73 Å². The van der Waals surface area contributed by atoms with Crippen LogP contribution in [0.2, 0.25) is 0 Å². The second kappa shape index (κ2) is 6.38. The van der Waals surface area contributed by atoms with E-state index in [-0.39, 0.29) is 5.91 Å². The van der Waals surface area contributed by atoms with Crippen molar-refractivity contribution in [1.82, 2.24) is 20.5 Å². The molecule has 0 aliphatic heterocycles. The van der Waals surface area contributed by atoms with Gasteiger partial charge in [0.1, 0.15) is 6.33 Å². The largest absolute Gasteiger partial charge is 0.368 e. The van der Waals surface area contributed by atoms with Crippen molar-refractivity contribution >= 4 is 17.7 Å². The van der Waals surface area contributed by atoms with E-state index in [2.05, 4.69) is 27.4 Å². The van der Waals surface area contributed by atoms with Gasteiger partial charge in [-0.1, -0.05) is 18.7 Å². The first-order chi connectivity index (χ1) is 9.16. The molecule has 0 spiro atoms. The topological polar surface area (TPSA) is 96.7 Å². The van der Waals surface area contributed by atoms with E-state index in [1.807, 2.05) is 0 Å². The van der Waals surface area contributed by atoms with E-state index in [1.165, 1.54) is 6.33 Å². The monoisotopic (exact) mass is 283 g/mol. The third-order valence-corrected chi connectivity index (χ3v) is 4.72. The Kier molecular flexibility index (Phi) is 4.81. The smallest absolute Gasteiger partial charge is 0.237 e. The predicted molar refractivity (Wildman–Crippen MR) is 74.7 cm³/mol. The maximum Gasteiger partial charge on any atom is 0.237 e. The summed E-state index contributed by atoms with van der Waals surface area (Å²) in [5.74, 6) is -0.233. The molecule has 1 saturated carbocycles. The third kappa shape index (κ3) is 3.48. The summed E-state index contributed by atoms with van der Waals surface area (Å²) in [7, 11) is 0. The molecule has 6 nitrogen and oxygen atoms in total. The molecule has 1 aromatic rings. The zero-order valence-electron chi connectivity index (χ0n) is 11.2. The molecule has 2 rings (SSSR count). The van der Waals surface area contributed by atoms with Gasteiger partial charge >= 0.3 is 0 Å². The first kappa shape index (κ1) is 14.3. The fraction of sp³-hybridized carbons (Fsp3) is 0.750. The maximum atomic E-state index is 11.8. The van der Waals surface area contributed by atoms with Crippen LogP contribution in [0.3, 0.4) is 0 Å². The lowest BCUT2D eigenvalue weighted by atomic mass is 9.80. The number of rotatable bonds is 6. The standard InChI is InChI=1S/C12H21N5OS/c1-2-6-15-12(10(13)18)5-3-4-9(7-12)19-11-14-8-16-17-11/h8-9,15H,2-7H2,1H3,(H2,13,18)(H,14,16,17). The molecule has 1 fully saturated rings. The molecule has 1 amide bonds. The highest BCUT2D eigenvalue weighted by Crippen LogP contribution is 2.37. The third-order valence-electron chi connectivity index (χ3n) is 3.56. The Morgan fingerprint density at radius 3 is 3.21 bits per heavy atom. The summed E-state index contributed by atoms with van der Waals surface area (Å²) >= 11 is 1.65. The van der Waals surface area contributed by atoms with Gasteiger partial charge in [0.15, 0.2) is 5.16 Å². The Bertz CT molecular complexity index is 410. The zero-order chi connectivity index (χ0) is 13.7. The van der Waals surface area contributed by atoms with Gasteiger partial charge in [-0.25, -0.2) is 4.98 Å². The van der Waals surface area contributed by atoms with Gasteiger partial charge in [0.25, 0.3) is 0 Å². The van der Waals surface area contributed by atoms with Crippen LogP contribution >= 0.6 is 11.8 Å². The van der Waals surface area contributed by atoms with Gasteiger partial charge in [-0.3, -0.25) is 9.89 Å². The molecule has 7 heteroatoms. The minimum atomic E-state index is -0.550. The van der Waals surface area contributed by atoms with E-state index in [1.54, 1.807) is 11.8 Å². The number of primary amides is 1. The van der Waals surface area contributed by atoms with Crippen molar-refractivity contribution in [1.29, 1.82) is 0 Å². The van der Waals surface area contributed by atoms with Crippen LogP contribution in [-0.2, 0) is 4.79 Å². The highest BCUT2D eigenvalue weighted by molar-refractivity contribution is 7.99. The first-order valence-corrected chi connectivity index (χ1v) is 7.61. The van der Waals surface area contributed by atoms with Crippen molar-refractivity contribution in [2.75, 3.05) is 6.54 Å². The Labute approximate surface area is 117 Å². The number of nitrogens with one attached hydrogen (secondary N) is 2. The van der Waals surface area contributed by atoms with Crippen molar-refractivity contribution in [3.8, 4) is 0 Å². The Hall–Kier alpha value is -1.08. The number of nitrogens with two attached hydrogens (primary N) is 1. The average molecular weight is 283 g/mol. The van der Waals surface area contributed by atoms with Crippen molar-refractivity contribution < 1.29 is 4.79 Å². The molecular formula is C12H21N5OS. The van der Waals surface area contributed by atoms with Gasteiger partial charge in [-0.2, -0.15) is 5.10 Å². The summed E-state index contributed by atoms with van der Waals surface area (Å²) in [4.78, 5) is 16.0. The van der Waals surface area contributed by atoms with E-state index in [4.69, 9.17) is 5.73 Å². The van der Waals surface area contributed by atoms with Crippen molar-refractivity contribution in [3.63, 3.8) is 0 Å². The summed E-state index contributed by atoms with van der Waals surface area (Å²) in [6, 6.07) is 0. The van der Waals surface area contributed by atoms with Gasteiger partial charge in [0.2, 0.25) is 5.91 Å². The fourth-order valence-corrected chi connectivity index (χ4v) is 3.75. The highest BCUT2D eigenvalue weighted by atomic mass is 32.2. The number of hydrogen-bond acceptors (Lipinski definition) is 5. The second-order valence-electron chi connectivity index (χ2n) is 5.00. The molecule has 0 bridgehead atoms. The Morgan fingerprint density at radius 2 is 2.58 bits per heavy atom. The summed E-state index contributed by atoms with van der Waals surface area (Å²) in [6.07, 6.45) is 6.17. The Balaban J connectivity index is 2.02. The zero-order valence-corrected chi connectivity index (χ0v) is 12.0. The highest BCUT2D eigenvalue weighted by Gasteiger charge is 2.41. The van der Waals surface area contributed by atoms with E-state index in [0.29, 0.717) is 5.25 Å². The van der Waals surface area contributed by atoms with Crippen molar-refractivity contribution in [3.05, 3.63) is 6.33 Å². The van der Waals surface area contributed by atoms with Crippen LogP contribution in [0, 0.1) is 0 Å². The molecule has 0 aromatic carbocycles. The molecule has 106 valence electrons. The maximum absolute atomic E-state index is 11.8. The predicted octanol–water partition coefficient (Wildman–Crippen LogP) is 1.06. The van der Waals surface area contributed by atoms with Gasteiger partial charge in [-0.05, 0) is 38.6 Å². The van der Waals surface area contributed by atoms with Crippen LogP contribution in [0.15, 0.2) is 11.5 Å². The van der Waals surface area contributed by atoms with E-state index in [9.17, 15) is 4.79 Å². The van der Waals surface area contributed by atoms with Crippen LogP contribution in [0.25, 0.3) is 0 Å². The number of aromatic nitrogens is 3. The van der Waals surface area contributed by atoms with Crippen LogP contribution in [0.1, 0.15) is 39.0 Å². The minimum absolute atomic E-state index is 0.233. The summed E-state index contributed by atoms with van der Waals surface area (Å²) in [5.41, 5.74) is 5.08. The molecule has 1 aromatic heterocycles. The van der Waals surface area contributed by atoms with Crippen LogP contribution < -0.4 is 11.1 Å². The molecule has 1 aliphatic carbocycles.